The van der Waals surface area contributed by atoms with E-state index in [9.17, 15) is 5.11 Å². The molecule has 0 saturated heterocycles. The summed E-state index contributed by atoms with van der Waals surface area (Å²) in [6.07, 6.45) is 1.55. The lowest BCUT2D eigenvalue weighted by Gasteiger charge is -2.15. The molecule has 1 N–H and O–H groups in total. The van der Waals surface area contributed by atoms with Crippen molar-refractivity contribution in [3.05, 3.63) is 21.0 Å². The number of halogens is 2. The molecule has 0 spiro atoms. The highest BCUT2D eigenvalue weighted by Crippen LogP contribution is 2.33. The number of hydrogen-bond donors (Lipinski definition) is 1. The van der Waals surface area contributed by atoms with Gasteiger partial charge in [0.05, 0.1) is 4.47 Å². The number of furan rings is 1. The number of aliphatic hydroxyl groups excluding tert-OH is 1. The Balaban J connectivity index is 2.73. The summed E-state index contributed by atoms with van der Waals surface area (Å²) >= 11 is 6.57. The van der Waals surface area contributed by atoms with Crippen LogP contribution in [-0.2, 0) is 0 Å². The normalized spacial score (nSPS) is 15.5. The lowest BCUT2D eigenvalue weighted by molar-refractivity contribution is 0.0885. The lowest BCUT2D eigenvalue weighted by Crippen LogP contribution is -2.07. The molecule has 2 unspecified atom stereocenters. The van der Waals surface area contributed by atoms with E-state index < -0.39 is 6.10 Å². The van der Waals surface area contributed by atoms with E-state index in [1.165, 1.54) is 0 Å². The minimum absolute atomic E-state index is 0.227. The molecule has 0 aliphatic carbocycles. The van der Waals surface area contributed by atoms with Crippen molar-refractivity contribution in [1.29, 1.82) is 0 Å². The SMILES string of the molecule is CCCC(C)C(O)c1cc(Br)c(Br)o1. The molecule has 0 aromatic carbocycles. The summed E-state index contributed by atoms with van der Waals surface area (Å²) in [6, 6.07) is 1.81. The second kappa shape index (κ2) is 5.33. The highest BCUT2D eigenvalue weighted by molar-refractivity contribution is 9.13. The maximum atomic E-state index is 9.92. The standard InChI is InChI=1S/C10H14Br2O2/c1-3-4-6(2)9(13)8-5-7(11)10(12)14-8/h5-6,9,13H,3-4H2,1-2H3. The van der Waals surface area contributed by atoms with Crippen LogP contribution in [0.5, 0.6) is 0 Å². The molecular weight excluding hydrogens is 312 g/mol. The largest absolute Gasteiger partial charge is 0.450 e. The Bertz CT molecular complexity index is 277. The van der Waals surface area contributed by atoms with Crippen molar-refractivity contribution in [2.45, 2.75) is 32.8 Å². The van der Waals surface area contributed by atoms with Gasteiger partial charge in [0.15, 0.2) is 4.67 Å². The van der Waals surface area contributed by atoms with Crippen molar-refractivity contribution in [3.8, 4) is 0 Å². The number of aliphatic hydroxyl groups is 1. The fourth-order valence-corrected chi connectivity index (χ4v) is 2.01. The molecule has 14 heavy (non-hydrogen) atoms. The Morgan fingerprint density at radius 1 is 1.50 bits per heavy atom. The zero-order chi connectivity index (χ0) is 10.7. The predicted octanol–water partition coefficient (Wildman–Crippen LogP) is 4.27. The zero-order valence-corrected chi connectivity index (χ0v) is 11.4. The third kappa shape index (κ3) is 2.84. The van der Waals surface area contributed by atoms with Gasteiger partial charge >= 0.3 is 0 Å². The Kier molecular flexibility index (Phi) is 4.67. The first-order valence-electron chi connectivity index (χ1n) is 4.69. The molecule has 4 heteroatoms. The summed E-state index contributed by atoms with van der Waals surface area (Å²) in [7, 11) is 0. The van der Waals surface area contributed by atoms with E-state index in [4.69, 9.17) is 4.42 Å². The maximum Gasteiger partial charge on any atom is 0.183 e. The van der Waals surface area contributed by atoms with Crippen LogP contribution in [0, 0.1) is 5.92 Å². The van der Waals surface area contributed by atoms with Crippen LogP contribution in [0.25, 0.3) is 0 Å². The van der Waals surface area contributed by atoms with E-state index in [1.807, 2.05) is 6.92 Å². The van der Waals surface area contributed by atoms with Crippen molar-refractivity contribution in [2.24, 2.45) is 5.92 Å². The second-order valence-electron chi connectivity index (χ2n) is 3.48. The molecule has 2 nitrogen and oxygen atoms in total. The summed E-state index contributed by atoms with van der Waals surface area (Å²) in [6.45, 7) is 4.13. The molecule has 1 heterocycles. The first-order valence-corrected chi connectivity index (χ1v) is 6.27. The van der Waals surface area contributed by atoms with E-state index >= 15 is 0 Å². The summed E-state index contributed by atoms with van der Waals surface area (Å²) in [5.41, 5.74) is 0. The Morgan fingerprint density at radius 2 is 2.14 bits per heavy atom. The molecule has 0 aliphatic heterocycles. The van der Waals surface area contributed by atoms with Gasteiger partial charge in [-0.25, -0.2) is 0 Å². The molecule has 1 aromatic heterocycles. The smallest absolute Gasteiger partial charge is 0.183 e. The minimum Gasteiger partial charge on any atom is -0.450 e. The van der Waals surface area contributed by atoms with Gasteiger partial charge in [0.1, 0.15) is 11.9 Å². The van der Waals surface area contributed by atoms with Crippen molar-refractivity contribution < 1.29 is 9.52 Å². The van der Waals surface area contributed by atoms with E-state index in [2.05, 4.69) is 38.8 Å². The monoisotopic (exact) mass is 324 g/mol. The van der Waals surface area contributed by atoms with Gasteiger partial charge in [-0.3, -0.25) is 0 Å². The van der Waals surface area contributed by atoms with Crippen LogP contribution in [-0.4, -0.2) is 5.11 Å². The predicted molar refractivity (Wildman–Crippen MR) is 63.1 cm³/mol. The Morgan fingerprint density at radius 3 is 2.57 bits per heavy atom. The van der Waals surface area contributed by atoms with Crippen LogP contribution < -0.4 is 0 Å². The highest BCUT2D eigenvalue weighted by atomic mass is 79.9. The Hall–Kier alpha value is 0.200. The highest BCUT2D eigenvalue weighted by Gasteiger charge is 2.20. The average Bonchev–Trinajstić information content (AvgIpc) is 2.46. The van der Waals surface area contributed by atoms with Crippen LogP contribution in [0.15, 0.2) is 19.6 Å². The maximum absolute atomic E-state index is 9.92. The molecule has 1 aromatic rings. The van der Waals surface area contributed by atoms with Gasteiger partial charge in [0.2, 0.25) is 0 Å². The molecule has 0 fully saturated rings. The molecule has 0 bridgehead atoms. The van der Waals surface area contributed by atoms with Gasteiger partial charge in [-0.05, 0) is 50.3 Å². The molecule has 0 radical (unpaired) electrons. The van der Waals surface area contributed by atoms with Crippen molar-refractivity contribution in [1.82, 2.24) is 0 Å². The first-order chi connectivity index (χ1) is 6.56. The van der Waals surface area contributed by atoms with E-state index in [-0.39, 0.29) is 5.92 Å². The van der Waals surface area contributed by atoms with E-state index in [1.54, 1.807) is 6.07 Å². The van der Waals surface area contributed by atoms with E-state index in [0.29, 0.717) is 10.4 Å². The van der Waals surface area contributed by atoms with Crippen LogP contribution in [0.3, 0.4) is 0 Å². The van der Waals surface area contributed by atoms with Crippen LogP contribution in [0.4, 0.5) is 0 Å². The average molecular weight is 326 g/mol. The molecule has 2 atom stereocenters. The topological polar surface area (TPSA) is 33.4 Å². The molecule has 1 rings (SSSR count). The quantitative estimate of drug-likeness (QED) is 0.896. The first kappa shape index (κ1) is 12.3. The molecule has 0 saturated carbocycles. The van der Waals surface area contributed by atoms with Crippen molar-refractivity contribution in [3.63, 3.8) is 0 Å². The summed E-state index contributed by atoms with van der Waals surface area (Å²) in [5, 5.41) is 9.92. The second-order valence-corrected chi connectivity index (χ2v) is 5.06. The summed E-state index contributed by atoms with van der Waals surface area (Å²) < 4.78 is 6.84. The third-order valence-electron chi connectivity index (χ3n) is 2.24. The fraction of sp³-hybridized carbons (Fsp3) is 0.600. The van der Waals surface area contributed by atoms with Gasteiger partial charge in [0, 0.05) is 0 Å². The fourth-order valence-electron chi connectivity index (χ4n) is 1.40. The van der Waals surface area contributed by atoms with Gasteiger partial charge in [-0.1, -0.05) is 20.3 Å². The van der Waals surface area contributed by atoms with Gasteiger partial charge in [0.25, 0.3) is 0 Å². The number of rotatable bonds is 4. The minimum atomic E-state index is -0.516. The number of hydrogen-bond acceptors (Lipinski definition) is 2. The summed E-state index contributed by atoms with van der Waals surface area (Å²) in [4.78, 5) is 0. The van der Waals surface area contributed by atoms with Gasteiger partial charge < -0.3 is 9.52 Å². The Labute approximate surface area is 101 Å². The van der Waals surface area contributed by atoms with Gasteiger partial charge in [-0.2, -0.15) is 0 Å². The third-order valence-corrected chi connectivity index (χ3v) is 3.95. The molecule has 80 valence electrons. The molecular formula is C10H14Br2O2. The van der Waals surface area contributed by atoms with Crippen molar-refractivity contribution in [2.75, 3.05) is 0 Å². The van der Waals surface area contributed by atoms with Crippen LogP contribution in [0.2, 0.25) is 0 Å². The van der Waals surface area contributed by atoms with Crippen molar-refractivity contribution >= 4 is 31.9 Å². The molecule has 0 aliphatic rings. The zero-order valence-electron chi connectivity index (χ0n) is 8.26. The molecule has 0 amide bonds. The van der Waals surface area contributed by atoms with Gasteiger partial charge in [-0.15, -0.1) is 0 Å². The summed E-state index contributed by atoms with van der Waals surface area (Å²) in [5.74, 6) is 0.842. The van der Waals surface area contributed by atoms with E-state index in [0.717, 1.165) is 17.3 Å². The van der Waals surface area contributed by atoms with Crippen LogP contribution >= 0.6 is 31.9 Å². The lowest BCUT2D eigenvalue weighted by atomic mass is 9.98. The van der Waals surface area contributed by atoms with Crippen LogP contribution in [0.1, 0.15) is 38.6 Å².